The fourth-order valence-electron chi connectivity index (χ4n) is 1.75. The molecule has 0 N–H and O–H groups in total. The Labute approximate surface area is 93.7 Å². The molecule has 0 spiro atoms. The van der Waals surface area contributed by atoms with Gasteiger partial charge in [0, 0.05) is 0 Å². The van der Waals surface area contributed by atoms with Crippen LogP contribution < -0.4 is 18.9 Å². The molecule has 1 unspecified atom stereocenters. The molecule has 64 valence electrons. The van der Waals surface area contributed by atoms with Crippen LogP contribution in [0, 0.1) is 13.8 Å². The van der Waals surface area contributed by atoms with Gasteiger partial charge in [0.25, 0.3) is 0 Å². The molecule has 0 radical (unpaired) electrons. The summed E-state index contributed by atoms with van der Waals surface area (Å²) in [5.41, 5.74) is 5.69. The third kappa shape index (κ3) is 1.75. The van der Waals surface area contributed by atoms with Crippen LogP contribution in [0.5, 0.6) is 0 Å². The number of fused-ring (bicyclic) bond motifs is 1. The summed E-state index contributed by atoms with van der Waals surface area (Å²) < 4.78 is 0. The maximum Gasteiger partial charge on any atom is 1.00 e. The molecule has 0 aliphatic heterocycles. The maximum absolute atomic E-state index is 2.31. The smallest absolute Gasteiger partial charge is 1.00 e. The molecule has 0 amide bonds. The van der Waals surface area contributed by atoms with Crippen molar-refractivity contribution in [3.8, 4) is 0 Å². The summed E-state index contributed by atoms with van der Waals surface area (Å²) in [6.45, 7) is 6.60. The average Bonchev–Trinajstić information content (AvgIpc) is 2.35. The number of rotatable bonds is 0. The summed E-state index contributed by atoms with van der Waals surface area (Å²) in [6, 6.07) is 4.60. The Morgan fingerprint density at radius 1 is 1.15 bits per heavy atom. The van der Waals surface area contributed by atoms with Crippen LogP contribution in [0.25, 0.3) is 6.08 Å². The molecule has 1 aliphatic rings. The predicted octanol–water partition coefficient (Wildman–Crippen LogP) is 0.550. The van der Waals surface area contributed by atoms with Crippen LogP contribution in [-0.4, -0.2) is 0 Å². The van der Waals surface area contributed by atoms with Crippen molar-refractivity contribution in [1.82, 2.24) is 0 Å². The third-order valence-corrected chi connectivity index (χ3v) is 2.75. The Morgan fingerprint density at radius 3 is 2.46 bits per heavy atom. The van der Waals surface area contributed by atoms with Gasteiger partial charge in [-0.15, -0.1) is 0 Å². The van der Waals surface area contributed by atoms with Crippen molar-refractivity contribution in [2.75, 3.05) is 0 Å². The van der Waals surface area contributed by atoms with Crippen molar-refractivity contribution < 1.29 is 20.3 Å². The first-order chi connectivity index (χ1) is 5.68. The molecule has 0 aromatic heterocycles. The van der Waals surface area contributed by atoms with Crippen molar-refractivity contribution in [2.45, 2.75) is 26.7 Å². The van der Waals surface area contributed by atoms with E-state index in [4.69, 9.17) is 0 Å². The van der Waals surface area contributed by atoms with Gasteiger partial charge < -0.3 is 1.43 Å². The minimum absolute atomic E-state index is 0. The largest absolute Gasteiger partial charge is 1.00 e. The maximum atomic E-state index is 2.31. The average molecular weight is 166 g/mol. The monoisotopic (exact) mass is 166 g/mol. The predicted molar refractivity (Wildman–Crippen MR) is 54.5 cm³/mol. The molecule has 1 aliphatic carbocycles. The van der Waals surface area contributed by atoms with Crippen LogP contribution in [-0.2, 0) is 0 Å². The molecule has 0 fully saturated rings. The zero-order chi connectivity index (χ0) is 8.72. The van der Waals surface area contributed by atoms with Crippen LogP contribution >= 0.6 is 0 Å². The van der Waals surface area contributed by atoms with Gasteiger partial charge in [0.2, 0.25) is 0 Å². The van der Waals surface area contributed by atoms with Gasteiger partial charge in [0.05, 0.1) is 0 Å². The SMILES string of the molecule is Cc1cc2c(cc1C)C(C)C=C2.[H-].[Li+]. The summed E-state index contributed by atoms with van der Waals surface area (Å²) in [4.78, 5) is 0. The summed E-state index contributed by atoms with van der Waals surface area (Å²) in [5.74, 6) is 0.610. The molecule has 1 aromatic rings. The van der Waals surface area contributed by atoms with Gasteiger partial charge in [-0.05, 0) is 42.0 Å². The molecule has 0 saturated heterocycles. The first-order valence-electron chi connectivity index (χ1n) is 4.48. The molecule has 1 atom stereocenters. The van der Waals surface area contributed by atoms with E-state index >= 15 is 0 Å². The van der Waals surface area contributed by atoms with Gasteiger partial charge in [-0.1, -0.05) is 31.2 Å². The van der Waals surface area contributed by atoms with Gasteiger partial charge in [0.1, 0.15) is 0 Å². The minimum atomic E-state index is 0. The van der Waals surface area contributed by atoms with Gasteiger partial charge >= 0.3 is 18.9 Å². The molecule has 1 aromatic carbocycles. The number of hydrogen-bond acceptors (Lipinski definition) is 0. The number of benzene rings is 1. The van der Waals surface area contributed by atoms with Crippen molar-refractivity contribution >= 4 is 6.08 Å². The van der Waals surface area contributed by atoms with E-state index in [-0.39, 0.29) is 20.3 Å². The van der Waals surface area contributed by atoms with Crippen molar-refractivity contribution in [1.29, 1.82) is 0 Å². The third-order valence-electron chi connectivity index (χ3n) is 2.75. The standard InChI is InChI=1S/C12H14.Li.H/c1-8-4-5-11-6-9(2)10(3)7-12(8)11;;/h4-8H,1-3H3;;/q;+1;-1. The molecule has 1 heteroatoms. The van der Waals surface area contributed by atoms with E-state index in [1.165, 1.54) is 22.3 Å². The second kappa shape index (κ2) is 3.74. The van der Waals surface area contributed by atoms with Crippen LogP contribution in [0.3, 0.4) is 0 Å². The topological polar surface area (TPSA) is 0 Å². The van der Waals surface area contributed by atoms with E-state index in [1.54, 1.807) is 0 Å². The van der Waals surface area contributed by atoms with E-state index in [1.807, 2.05) is 0 Å². The summed E-state index contributed by atoms with van der Waals surface area (Å²) in [5, 5.41) is 0. The minimum Gasteiger partial charge on any atom is -1.00 e. The van der Waals surface area contributed by atoms with E-state index in [0.717, 1.165) is 0 Å². The fraction of sp³-hybridized carbons (Fsp3) is 0.333. The number of allylic oxidation sites excluding steroid dienone is 1. The Morgan fingerprint density at radius 2 is 1.77 bits per heavy atom. The molecular formula is C12H15Li. The molecule has 0 saturated carbocycles. The number of hydrogen-bond donors (Lipinski definition) is 0. The molecule has 0 bridgehead atoms. The van der Waals surface area contributed by atoms with E-state index in [9.17, 15) is 0 Å². The summed E-state index contributed by atoms with van der Waals surface area (Å²) in [6.07, 6.45) is 4.50. The van der Waals surface area contributed by atoms with Gasteiger partial charge in [-0.25, -0.2) is 0 Å². The number of aryl methyl sites for hydroxylation is 2. The van der Waals surface area contributed by atoms with Crippen LogP contribution in [0.4, 0.5) is 0 Å². The molecule has 2 rings (SSSR count). The van der Waals surface area contributed by atoms with Gasteiger partial charge in [-0.3, -0.25) is 0 Å². The normalized spacial score (nSPS) is 18.2. The molecule has 13 heavy (non-hydrogen) atoms. The first-order valence-corrected chi connectivity index (χ1v) is 4.48. The zero-order valence-electron chi connectivity index (χ0n) is 9.89. The van der Waals surface area contributed by atoms with E-state index in [2.05, 4.69) is 45.1 Å². The molecule has 0 nitrogen and oxygen atoms in total. The van der Waals surface area contributed by atoms with Crippen molar-refractivity contribution in [2.24, 2.45) is 0 Å². The Kier molecular flexibility index (Phi) is 3.06. The summed E-state index contributed by atoms with van der Waals surface area (Å²) in [7, 11) is 0. The van der Waals surface area contributed by atoms with E-state index in [0.29, 0.717) is 5.92 Å². The zero-order valence-corrected chi connectivity index (χ0v) is 8.89. The van der Waals surface area contributed by atoms with Crippen LogP contribution in [0.1, 0.15) is 36.5 Å². The molecular weight excluding hydrogens is 151 g/mol. The second-order valence-electron chi connectivity index (χ2n) is 3.71. The first kappa shape index (κ1) is 10.6. The van der Waals surface area contributed by atoms with E-state index < -0.39 is 0 Å². The fourth-order valence-corrected chi connectivity index (χ4v) is 1.75. The van der Waals surface area contributed by atoms with Crippen LogP contribution in [0.2, 0.25) is 0 Å². The Hall–Kier alpha value is -0.443. The Balaban J connectivity index is 0.000000845. The second-order valence-corrected chi connectivity index (χ2v) is 3.71. The quantitative estimate of drug-likeness (QED) is 0.494. The van der Waals surface area contributed by atoms with Gasteiger partial charge in [0.15, 0.2) is 0 Å². The Bertz CT molecular complexity index is 356. The van der Waals surface area contributed by atoms with Crippen LogP contribution in [0.15, 0.2) is 18.2 Å². The summed E-state index contributed by atoms with van der Waals surface area (Å²) >= 11 is 0. The van der Waals surface area contributed by atoms with Crippen molar-refractivity contribution in [3.63, 3.8) is 0 Å². The molecule has 0 heterocycles. The van der Waals surface area contributed by atoms with Crippen molar-refractivity contribution in [3.05, 3.63) is 40.5 Å². The van der Waals surface area contributed by atoms with Gasteiger partial charge in [-0.2, -0.15) is 0 Å².